The van der Waals surface area contributed by atoms with E-state index in [1.165, 1.54) is 57.8 Å². The minimum absolute atomic E-state index is 0.475. The largest absolute Gasteiger partial charge is 0.271 e. The van der Waals surface area contributed by atoms with Crippen molar-refractivity contribution < 1.29 is 0 Å². The van der Waals surface area contributed by atoms with Crippen LogP contribution in [0.15, 0.2) is 24.3 Å². The van der Waals surface area contributed by atoms with Gasteiger partial charge in [0, 0.05) is 6.04 Å². The maximum Gasteiger partial charge on any atom is 0.0216 e. The molecule has 1 aliphatic carbocycles. The predicted molar refractivity (Wildman–Crippen MR) is 86.6 cm³/mol. The molecule has 0 saturated carbocycles. The highest BCUT2D eigenvalue weighted by molar-refractivity contribution is 5.32. The summed E-state index contributed by atoms with van der Waals surface area (Å²) < 4.78 is 0. The number of hydrazine groups is 1. The average Bonchev–Trinajstić information content (AvgIpc) is 2.50. The Morgan fingerprint density at radius 2 is 2.10 bits per heavy atom. The lowest BCUT2D eigenvalue weighted by Crippen LogP contribution is -2.36. The number of aryl methyl sites for hydroxylation is 1. The molecule has 0 aromatic heterocycles. The maximum atomic E-state index is 5.77. The highest BCUT2D eigenvalue weighted by Gasteiger charge is 2.22. The third kappa shape index (κ3) is 4.32. The summed E-state index contributed by atoms with van der Waals surface area (Å²) in [5, 5.41) is 0. The molecule has 2 rings (SSSR count). The molecule has 1 aromatic carbocycles. The zero-order valence-corrected chi connectivity index (χ0v) is 12.9. The van der Waals surface area contributed by atoms with Crippen molar-refractivity contribution in [1.82, 2.24) is 5.43 Å². The molecule has 1 aromatic rings. The molecule has 20 heavy (non-hydrogen) atoms. The van der Waals surface area contributed by atoms with Gasteiger partial charge < -0.3 is 0 Å². The van der Waals surface area contributed by atoms with Gasteiger partial charge >= 0.3 is 0 Å². The number of hydrogen-bond donors (Lipinski definition) is 2. The molecular weight excluding hydrogens is 244 g/mol. The minimum atomic E-state index is 0.475. The number of benzene rings is 1. The fraction of sp³-hybridized carbons (Fsp3) is 0.667. The van der Waals surface area contributed by atoms with Gasteiger partial charge in [0.05, 0.1) is 0 Å². The summed E-state index contributed by atoms with van der Waals surface area (Å²) in [6.07, 6.45) is 11.6. The fourth-order valence-electron chi connectivity index (χ4n) is 3.53. The van der Waals surface area contributed by atoms with Gasteiger partial charge in [0.15, 0.2) is 0 Å². The van der Waals surface area contributed by atoms with E-state index < -0.39 is 0 Å². The monoisotopic (exact) mass is 274 g/mol. The van der Waals surface area contributed by atoms with E-state index in [9.17, 15) is 0 Å². The van der Waals surface area contributed by atoms with Crippen molar-refractivity contribution >= 4 is 0 Å². The molecule has 0 saturated heterocycles. The van der Waals surface area contributed by atoms with Gasteiger partial charge in [0.2, 0.25) is 0 Å². The van der Waals surface area contributed by atoms with Crippen LogP contribution >= 0.6 is 0 Å². The van der Waals surface area contributed by atoms with Gasteiger partial charge in [0.1, 0.15) is 0 Å². The lowest BCUT2D eigenvalue weighted by atomic mass is 9.79. The van der Waals surface area contributed by atoms with Gasteiger partial charge in [-0.25, -0.2) is 0 Å². The van der Waals surface area contributed by atoms with E-state index in [1.807, 2.05) is 0 Å². The molecule has 0 bridgehead atoms. The normalized spacial score (nSPS) is 19.6. The molecule has 0 radical (unpaired) electrons. The Kier molecular flexibility index (Phi) is 6.55. The van der Waals surface area contributed by atoms with Crippen LogP contribution in [0.25, 0.3) is 0 Å². The Hall–Kier alpha value is -0.860. The second-order valence-electron chi connectivity index (χ2n) is 6.24. The van der Waals surface area contributed by atoms with Crippen molar-refractivity contribution in [3.8, 4) is 0 Å². The zero-order valence-electron chi connectivity index (χ0n) is 12.9. The summed E-state index contributed by atoms with van der Waals surface area (Å²) in [7, 11) is 0. The Morgan fingerprint density at radius 3 is 2.90 bits per heavy atom. The average molecular weight is 274 g/mol. The van der Waals surface area contributed by atoms with Crippen molar-refractivity contribution in [2.75, 3.05) is 0 Å². The molecule has 0 aliphatic heterocycles. The van der Waals surface area contributed by atoms with E-state index >= 15 is 0 Å². The zero-order chi connectivity index (χ0) is 14.2. The maximum absolute atomic E-state index is 5.77. The second kappa shape index (κ2) is 8.43. The summed E-state index contributed by atoms with van der Waals surface area (Å²) in [6.45, 7) is 2.26. The summed E-state index contributed by atoms with van der Waals surface area (Å²) in [6, 6.07) is 9.45. The topological polar surface area (TPSA) is 38.0 Å². The van der Waals surface area contributed by atoms with Crippen molar-refractivity contribution in [2.24, 2.45) is 5.84 Å². The number of unbranched alkanes of at least 4 members (excludes halogenated alkanes) is 3. The van der Waals surface area contributed by atoms with Gasteiger partial charge in [-0.2, -0.15) is 0 Å². The molecule has 0 heterocycles. The molecule has 3 N–H and O–H groups in total. The van der Waals surface area contributed by atoms with Crippen LogP contribution in [0.5, 0.6) is 0 Å². The van der Waals surface area contributed by atoms with Crippen LogP contribution in [0.4, 0.5) is 0 Å². The molecule has 2 atom stereocenters. The Balaban J connectivity index is 1.88. The van der Waals surface area contributed by atoms with E-state index in [4.69, 9.17) is 5.84 Å². The van der Waals surface area contributed by atoms with Crippen molar-refractivity contribution in [1.29, 1.82) is 0 Å². The lowest BCUT2D eigenvalue weighted by molar-refractivity contribution is 0.386. The Morgan fingerprint density at radius 1 is 1.25 bits per heavy atom. The van der Waals surface area contributed by atoms with Gasteiger partial charge in [-0.1, -0.05) is 56.9 Å². The van der Waals surface area contributed by atoms with Crippen molar-refractivity contribution in [3.05, 3.63) is 35.4 Å². The van der Waals surface area contributed by atoms with E-state index in [0.29, 0.717) is 12.0 Å². The summed E-state index contributed by atoms with van der Waals surface area (Å²) in [5.74, 6) is 6.48. The van der Waals surface area contributed by atoms with Crippen LogP contribution in [-0.2, 0) is 6.42 Å². The first-order valence-electron chi connectivity index (χ1n) is 8.39. The van der Waals surface area contributed by atoms with Crippen molar-refractivity contribution in [3.63, 3.8) is 0 Å². The highest BCUT2D eigenvalue weighted by Crippen LogP contribution is 2.35. The summed E-state index contributed by atoms with van der Waals surface area (Å²) in [4.78, 5) is 0. The first-order valence-corrected chi connectivity index (χ1v) is 8.39. The van der Waals surface area contributed by atoms with E-state index in [0.717, 1.165) is 0 Å². The van der Waals surface area contributed by atoms with E-state index in [1.54, 1.807) is 11.1 Å². The number of fused-ring (bicyclic) bond motifs is 1. The Labute approximate surface area is 124 Å². The minimum Gasteiger partial charge on any atom is -0.271 e. The summed E-state index contributed by atoms with van der Waals surface area (Å²) >= 11 is 0. The molecular formula is C18H30N2. The quantitative estimate of drug-likeness (QED) is 0.421. The molecule has 112 valence electrons. The van der Waals surface area contributed by atoms with Gasteiger partial charge in [-0.3, -0.25) is 11.3 Å². The van der Waals surface area contributed by atoms with Gasteiger partial charge in [0.25, 0.3) is 0 Å². The standard InChI is InChI=1S/C18H30N2/c1-2-3-4-5-12-17(20-19)14-16-11-8-10-15-9-6-7-13-18(15)16/h6-7,9,13,16-17,20H,2-5,8,10-12,14,19H2,1H3. The third-order valence-electron chi connectivity index (χ3n) is 4.70. The molecule has 0 spiro atoms. The first kappa shape index (κ1) is 15.5. The molecule has 2 nitrogen and oxygen atoms in total. The van der Waals surface area contributed by atoms with Crippen LogP contribution in [0.2, 0.25) is 0 Å². The predicted octanol–water partition coefficient (Wildman–Crippen LogP) is 4.30. The van der Waals surface area contributed by atoms with Gasteiger partial charge in [-0.15, -0.1) is 0 Å². The van der Waals surface area contributed by atoms with Crippen LogP contribution in [-0.4, -0.2) is 6.04 Å². The number of nitrogens with one attached hydrogen (secondary N) is 1. The van der Waals surface area contributed by atoms with Crippen LogP contribution in [0.1, 0.15) is 75.3 Å². The molecule has 1 aliphatic rings. The van der Waals surface area contributed by atoms with Crippen LogP contribution in [0, 0.1) is 0 Å². The number of rotatable bonds is 8. The van der Waals surface area contributed by atoms with E-state index in [-0.39, 0.29) is 0 Å². The lowest BCUT2D eigenvalue weighted by Gasteiger charge is -2.29. The summed E-state index contributed by atoms with van der Waals surface area (Å²) in [5.41, 5.74) is 6.19. The van der Waals surface area contributed by atoms with Gasteiger partial charge in [-0.05, 0) is 49.1 Å². The molecule has 0 amide bonds. The van der Waals surface area contributed by atoms with E-state index in [2.05, 4.69) is 36.6 Å². The van der Waals surface area contributed by atoms with Crippen LogP contribution in [0.3, 0.4) is 0 Å². The molecule has 2 heteroatoms. The molecule has 0 fully saturated rings. The second-order valence-corrected chi connectivity index (χ2v) is 6.24. The SMILES string of the molecule is CCCCCCC(CC1CCCc2ccccc21)NN. The van der Waals surface area contributed by atoms with Crippen molar-refractivity contribution in [2.45, 2.75) is 76.7 Å². The first-order chi connectivity index (χ1) is 9.85. The third-order valence-corrected chi connectivity index (χ3v) is 4.70. The van der Waals surface area contributed by atoms with Crippen LogP contribution < -0.4 is 11.3 Å². The highest BCUT2D eigenvalue weighted by atomic mass is 15.2. The Bertz CT molecular complexity index is 389. The number of hydrogen-bond acceptors (Lipinski definition) is 2. The number of nitrogens with two attached hydrogens (primary N) is 1. The smallest absolute Gasteiger partial charge is 0.0216 e. The molecule has 2 unspecified atom stereocenters. The fourth-order valence-corrected chi connectivity index (χ4v) is 3.53.